The number of hydrogen-bond donors (Lipinski definition) is 1. The molecule has 0 saturated carbocycles. The first-order chi connectivity index (χ1) is 9.58. The van der Waals surface area contributed by atoms with Gasteiger partial charge in [0, 0.05) is 13.1 Å². The third kappa shape index (κ3) is 3.82. The summed E-state index contributed by atoms with van der Waals surface area (Å²) in [4.78, 5) is 14.3. The minimum absolute atomic E-state index is 0.0472. The molecule has 2 rings (SSSR count). The van der Waals surface area contributed by atoms with Gasteiger partial charge in [0.1, 0.15) is 6.07 Å². The molecule has 0 aromatic heterocycles. The number of piperidine rings is 1. The molecule has 20 heavy (non-hydrogen) atoms. The Labute approximate surface area is 120 Å². The normalized spacial score (nSPS) is 23.1. The van der Waals surface area contributed by atoms with Crippen molar-refractivity contribution in [2.75, 3.05) is 25.0 Å². The molecule has 1 aliphatic rings. The van der Waals surface area contributed by atoms with E-state index in [1.807, 2.05) is 6.07 Å². The zero-order valence-electron chi connectivity index (χ0n) is 12.1. The van der Waals surface area contributed by atoms with Crippen LogP contribution in [0.4, 0.5) is 5.69 Å². The Balaban J connectivity index is 1.94. The maximum Gasteiger partial charge on any atom is 0.238 e. The fourth-order valence-electron chi connectivity index (χ4n) is 3.00. The van der Waals surface area contributed by atoms with Crippen molar-refractivity contribution in [3.05, 3.63) is 29.8 Å². The highest BCUT2D eigenvalue weighted by Gasteiger charge is 2.23. The molecule has 1 heterocycles. The Morgan fingerprint density at radius 2 is 2.00 bits per heavy atom. The van der Waals surface area contributed by atoms with Gasteiger partial charge < -0.3 is 5.32 Å². The van der Waals surface area contributed by atoms with Gasteiger partial charge in [0.05, 0.1) is 17.8 Å². The third-order valence-corrected chi connectivity index (χ3v) is 3.63. The molecular formula is C16H21N3O. The van der Waals surface area contributed by atoms with Crippen molar-refractivity contribution in [3.63, 3.8) is 0 Å². The Morgan fingerprint density at radius 3 is 2.65 bits per heavy atom. The zero-order chi connectivity index (χ0) is 14.5. The molecule has 4 heteroatoms. The molecule has 4 nitrogen and oxygen atoms in total. The van der Waals surface area contributed by atoms with Crippen molar-refractivity contribution in [2.45, 2.75) is 20.3 Å². The number of anilines is 1. The maximum absolute atomic E-state index is 12.1. The molecule has 106 valence electrons. The fourth-order valence-corrected chi connectivity index (χ4v) is 3.00. The van der Waals surface area contributed by atoms with E-state index >= 15 is 0 Å². The molecule has 1 aromatic carbocycles. The summed E-state index contributed by atoms with van der Waals surface area (Å²) in [6.45, 7) is 6.79. The molecular weight excluding hydrogens is 250 g/mol. The number of likely N-dealkylation sites (tertiary alicyclic amines) is 1. The average molecular weight is 271 g/mol. The molecule has 2 atom stereocenters. The SMILES string of the molecule is CC1CC(C)CN(CC(=O)Nc2ccccc2C#N)C1. The number of nitriles is 1. The molecule has 1 saturated heterocycles. The van der Waals surface area contributed by atoms with Gasteiger partial charge in [-0.05, 0) is 30.4 Å². The lowest BCUT2D eigenvalue weighted by Gasteiger charge is -2.34. The van der Waals surface area contributed by atoms with E-state index in [0.29, 0.717) is 29.6 Å². The first kappa shape index (κ1) is 14.5. The minimum atomic E-state index is -0.0472. The Morgan fingerprint density at radius 1 is 1.35 bits per heavy atom. The number of nitrogens with one attached hydrogen (secondary N) is 1. The van der Waals surface area contributed by atoms with Crippen LogP contribution in [0.3, 0.4) is 0 Å². The van der Waals surface area contributed by atoms with Gasteiger partial charge in [-0.2, -0.15) is 5.26 Å². The number of benzene rings is 1. The standard InChI is InChI=1S/C16H21N3O/c1-12-7-13(2)10-19(9-12)11-16(20)18-15-6-4-3-5-14(15)8-17/h3-6,12-13H,7,9-11H2,1-2H3,(H,18,20). The van der Waals surface area contributed by atoms with Crippen LogP contribution in [-0.2, 0) is 4.79 Å². The number of rotatable bonds is 3. The second-order valence-corrected chi connectivity index (χ2v) is 5.85. The van der Waals surface area contributed by atoms with Crippen LogP contribution in [0.2, 0.25) is 0 Å². The van der Waals surface area contributed by atoms with Crippen molar-refractivity contribution in [1.82, 2.24) is 4.90 Å². The predicted molar refractivity (Wildman–Crippen MR) is 79.2 cm³/mol. The molecule has 0 radical (unpaired) electrons. The Bertz CT molecular complexity index is 511. The van der Waals surface area contributed by atoms with Gasteiger partial charge in [-0.25, -0.2) is 0 Å². The predicted octanol–water partition coefficient (Wildman–Crippen LogP) is 2.47. The molecule has 0 aliphatic carbocycles. The number of hydrogen-bond acceptors (Lipinski definition) is 3. The van der Waals surface area contributed by atoms with Crippen molar-refractivity contribution in [3.8, 4) is 6.07 Å². The molecule has 2 unspecified atom stereocenters. The largest absolute Gasteiger partial charge is 0.324 e. The monoisotopic (exact) mass is 271 g/mol. The third-order valence-electron chi connectivity index (χ3n) is 3.63. The summed E-state index contributed by atoms with van der Waals surface area (Å²) < 4.78 is 0. The number of carbonyl (C=O) groups excluding carboxylic acids is 1. The highest BCUT2D eigenvalue weighted by molar-refractivity contribution is 5.93. The molecule has 1 N–H and O–H groups in total. The van der Waals surface area contributed by atoms with Crippen molar-refractivity contribution in [1.29, 1.82) is 5.26 Å². The van der Waals surface area contributed by atoms with E-state index in [-0.39, 0.29) is 5.91 Å². The molecule has 1 amide bonds. The lowest BCUT2D eigenvalue weighted by atomic mass is 9.92. The summed E-state index contributed by atoms with van der Waals surface area (Å²) in [5.74, 6) is 1.23. The van der Waals surface area contributed by atoms with Crippen LogP contribution in [0, 0.1) is 23.2 Å². The summed E-state index contributed by atoms with van der Waals surface area (Å²) in [7, 11) is 0. The van der Waals surface area contributed by atoms with Crippen LogP contribution in [0.15, 0.2) is 24.3 Å². The van der Waals surface area contributed by atoms with E-state index in [2.05, 4.69) is 30.1 Å². The van der Waals surface area contributed by atoms with Gasteiger partial charge in [-0.3, -0.25) is 9.69 Å². The van der Waals surface area contributed by atoms with E-state index < -0.39 is 0 Å². The van der Waals surface area contributed by atoms with Crippen LogP contribution >= 0.6 is 0 Å². The van der Waals surface area contributed by atoms with Gasteiger partial charge in [0.15, 0.2) is 0 Å². The van der Waals surface area contributed by atoms with E-state index in [4.69, 9.17) is 5.26 Å². The van der Waals surface area contributed by atoms with E-state index in [0.717, 1.165) is 13.1 Å². The molecule has 1 aromatic rings. The summed E-state index contributed by atoms with van der Waals surface area (Å²) in [5.41, 5.74) is 1.10. The second kappa shape index (κ2) is 6.53. The number of para-hydroxylation sites is 1. The Hall–Kier alpha value is -1.86. The summed E-state index contributed by atoms with van der Waals surface area (Å²) >= 11 is 0. The van der Waals surface area contributed by atoms with Crippen molar-refractivity contribution >= 4 is 11.6 Å². The lowest BCUT2D eigenvalue weighted by molar-refractivity contribution is -0.117. The van der Waals surface area contributed by atoms with E-state index in [1.165, 1.54) is 6.42 Å². The fraction of sp³-hybridized carbons (Fsp3) is 0.500. The van der Waals surface area contributed by atoms with Gasteiger partial charge in [-0.15, -0.1) is 0 Å². The highest BCUT2D eigenvalue weighted by atomic mass is 16.2. The molecule has 0 bridgehead atoms. The first-order valence-corrected chi connectivity index (χ1v) is 7.10. The van der Waals surface area contributed by atoms with Crippen LogP contribution < -0.4 is 5.32 Å². The van der Waals surface area contributed by atoms with Gasteiger partial charge in [0.25, 0.3) is 0 Å². The number of amides is 1. The smallest absolute Gasteiger partial charge is 0.238 e. The van der Waals surface area contributed by atoms with Crippen LogP contribution in [0.5, 0.6) is 0 Å². The number of nitrogens with zero attached hydrogens (tertiary/aromatic N) is 2. The van der Waals surface area contributed by atoms with Gasteiger partial charge >= 0.3 is 0 Å². The average Bonchev–Trinajstić information content (AvgIpc) is 2.37. The quantitative estimate of drug-likeness (QED) is 0.918. The topological polar surface area (TPSA) is 56.1 Å². The van der Waals surface area contributed by atoms with Crippen molar-refractivity contribution in [2.24, 2.45) is 11.8 Å². The zero-order valence-corrected chi connectivity index (χ0v) is 12.1. The van der Waals surface area contributed by atoms with Crippen molar-refractivity contribution < 1.29 is 4.79 Å². The van der Waals surface area contributed by atoms with E-state index in [1.54, 1.807) is 18.2 Å². The van der Waals surface area contributed by atoms with Crippen LogP contribution in [0.25, 0.3) is 0 Å². The van der Waals surface area contributed by atoms with Crippen LogP contribution in [0.1, 0.15) is 25.8 Å². The van der Waals surface area contributed by atoms with Crippen LogP contribution in [-0.4, -0.2) is 30.4 Å². The first-order valence-electron chi connectivity index (χ1n) is 7.10. The number of carbonyl (C=O) groups is 1. The van der Waals surface area contributed by atoms with E-state index in [9.17, 15) is 4.79 Å². The minimum Gasteiger partial charge on any atom is -0.324 e. The molecule has 0 spiro atoms. The lowest BCUT2D eigenvalue weighted by Crippen LogP contribution is -2.42. The molecule has 1 aliphatic heterocycles. The van der Waals surface area contributed by atoms with Gasteiger partial charge in [-0.1, -0.05) is 26.0 Å². The highest BCUT2D eigenvalue weighted by Crippen LogP contribution is 2.21. The Kier molecular flexibility index (Phi) is 4.75. The van der Waals surface area contributed by atoms with Gasteiger partial charge in [0.2, 0.25) is 5.91 Å². The summed E-state index contributed by atoms with van der Waals surface area (Å²) in [5, 5.41) is 11.8. The summed E-state index contributed by atoms with van der Waals surface area (Å²) in [6, 6.07) is 9.18. The molecule has 1 fully saturated rings. The second-order valence-electron chi connectivity index (χ2n) is 5.85. The summed E-state index contributed by atoms with van der Waals surface area (Å²) in [6.07, 6.45) is 1.23. The maximum atomic E-state index is 12.1.